The van der Waals surface area contributed by atoms with Gasteiger partial charge in [0.2, 0.25) is 5.91 Å². The summed E-state index contributed by atoms with van der Waals surface area (Å²) in [5.74, 6) is -0.0868. The normalized spacial score (nSPS) is 10.5. The first kappa shape index (κ1) is 12.7. The van der Waals surface area contributed by atoms with Crippen molar-refractivity contribution in [1.29, 1.82) is 0 Å². The largest absolute Gasteiger partial charge is 0.369 e. The number of aryl methyl sites for hydroxylation is 1. The molecule has 0 fully saturated rings. The van der Waals surface area contributed by atoms with Gasteiger partial charge in [-0.2, -0.15) is 0 Å². The zero-order valence-corrected chi connectivity index (χ0v) is 11.0. The summed E-state index contributed by atoms with van der Waals surface area (Å²) in [4.78, 5) is 18.4. The quantitative estimate of drug-likeness (QED) is 0.807. The number of H-pyrrole nitrogens is 1. The van der Waals surface area contributed by atoms with Crippen molar-refractivity contribution in [3.63, 3.8) is 0 Å². The first-order valence-electron chi connectivity index (χ1n) is 5.65. The van der Waals surface area contributed by atoms with Crippen LogP contribution in [0.5, 0.6) is 0 Å². The number of nitrogens with zero attached hydrogens (tertiary/aromatic N) is 1. The highest BCUT2D eigenvalue weighted by atomic mass is 32.2. The molecule has 0 aliphatic rings. The summed E-state index contributed by atoms with van der Waals surface area (Å²) in [7, 11) is 0. The van der Waals surface area contributed by atoms with Crippen molar-refractivity contribution >= 4 is 17.7 Å². The maximum absolute atomic E-state index is 10.7. The number of amides is 1. The van der Waals surface area contributed by atoms with Crippen molar-refractivity contribution < 1.29 is 4.79 Å². The summed E-state index contributed by atoms with van der Waals surface area (Å²) in [6.07, 6.45) is 0.792. The van der Waals surface area contributed by atoms with E-state index in [1.165, 1.54) is 17.3 Å². The van der Waals surface area contributed by atoms with Gasteiger partial charge in [0.05, 0.1) is 11.4 Å². The number of carbonyl (C=O) groups is 1. The molecular formula is C13H15N3OS. The van der Waals surface area contributed by atoms with E-state index in [9.17, 15) is 4.79 Å². The number of nitrogens with one attached hydrogen (secondary N) is 1. The van der Waals surface area contributed by atoms with E-state index in [2.05, 4.69) is 22.1 Å². The summed E-state index contributed by atoms with van der Waals surface area (Å²) in [6, 6.07) is 10.2. The predicted octanol–water partition coefficient (Wildman–Crippen LogP) is 1.89. The molecule has 1 heterocycles. The monoisotopic (exact) mass is 261 g/mol. The molecule has 0 spiro atoms. The summed E-state index contributed by atoms with van der Waals surface area (Å²) in [5, 5.41) is 0.747. The summed E-state index contributed by atoms with van der Waals surface area (Å²) < 4.78 is 0. The molecule has 5 heteroatoms. The van der Waals surface area contributed by atoms with Crippen molar-refractivity contribution in [1.82, 2.24) is 9.97 Å². The highest BCUT2D eigenvalue weighted by Gasteiger charge is 2.08. The van der Waals surface area contributed by atoms with Gasteiger partial charge in [0.1, 0.15) is 0 Å². The molecule has 1 aromatic heterocycles. The van der Waals surface area contributed by atoms with Crippen LogP contribution in [0.15, 0.2) is 35.5 Å². The van der Waals surface area contributed by atoms with Gasteiger partial charge in [-0.25, -0.2) is 4.98 Å². The molecule has 0 aliphatic carbocycles. The molecule has 0 bridgehead atoms. The molecule has 0 atom stereocenters. The van der Waals surface area contributed by atoms with Crippen molar-refractivity contribution in [2.24, 2.45) is 5.73 Å². The van der Waals surface area contributed by atoms with Gasteiger partial charge in [0.25, 0.3) is 0 Å². The molecule has 3 N–H and O–H groups in total. The Balaban J connectivity index is 2.07. The second-order valence-electron chi connectivity index (χ2n) is 4.03. The van der Waals surface area contributed by atoms with E-state index >= 15 is 0 Å². The number of benzene rings is 1. The fraction of sp³-hybridized carbons (Fsp3) is 0.231. The molecule has 0 unspecified atom stereocenters. The van der Waals surface area contributed by atoms with E-state index in [1.807, 2.05) is 25.1 Å². The lowest BCUT2D eigenvalue weighted by Crippen LogP contribution is -2.13. The minimum Gasteiger partial charge on any atom is -0.369 e. The molecular weight excluding hydrogens is 246 g/mol. The van der Waals surface area contributed by atoms with E-state index in [-0.39, 0.29) is 11.7 Å². The zero-order valence-electron chi connectivity index (χ0n) is 10.1. The van der Waals surface area contributed by atoms with Crippen LogP contribution < -0.4 is 5.73 Å². The van der Waals surface area contributed by atoms with Gasteiger partial charge < -0.3 is 10.7 Å². The van der Waals surface area contributed by atoms with Crippen molar-refractivity contribution in [3.8, 4) is 0 Å². The Labute approximate surface area is 110 Å². The summed E-state index contributed by atoms with van der Waals surface area (Å²) in [5.41, 5.74) is 8.37. The number of primary amides is 1. The van der Waals surface area contributed by atoms with Gasteiger partial charge in [0, 0.05) is 12.1 Å². The smallest absolute Gasteiger partial charge is 0.227 e. The molecule has 2 aromatic rings. The van der Waals surface area contributed by atoms with Crippen LogP contribution in [0.3, 0.4) is 0 Å². The number of nitrogens with two attached hydrogens (primary N) is 1. The molecule has 0 radical (unpaired) electrons. The lowest BCUT2D eigenvalue weighted by Gasteiger charge is -1.98. The number of hydrogen-bond acceptors (Lipinski definition) is 3. The van der Waals surface area contributed by atoms with Crippen LogP contribution in [0.2, 0.25) is 0 Å². The number of rotatable bonds is 5. The number of carbonyl (C=O) groups excluding carboxylic acids is 1. The van der Waals surface area contributed by atoms with E-state index in [0.717, 1.165) is 23.0 Å². The molecule has 2 rings (SSSR count). The number of imidazole rings is 1. The summed E-state index contributed by atoms with van der Waals surface area (Å²) in [6.45, 7) is 1.99. The Morgan fingerprint density at radius 1 is 1.39 bits per heavy atom. The predicted molar refractivity (Wildman–Crippen MR) is 72.5 cm³/mol. The van der Waals surface area contributed by atoms with Crippen LogP contribution in [-0.2, 0) is 11.2 Å². The first-order chi connectivity index (χ1) is 8.65. The lowest BCUT2D eigenvalue weighted by atomic mass is 10.1. The van der Waals surface area contributed by atoms with Crippen LogP contribution in [0.25, 0.3) is 0 Å². The summed E-state index contributed by atoms with van der Waals surface area (Å²) >= 11 is 1.33. The molecule has 0 aliphatic heterocycles. The molecule has 0 saturated heterocycles. The molecule has 94 valence electrons. The SMILES string of the molecule is Cc1[nH]c(SCC(N)=O)nc1Cc1ccccc1. The minimum absolute atomic E-state index is 0.248. The first-order valence-corrected chi connectivity index (χ1v) is 6.64. The third-order valence-corrected chi connectivity index (χ3v) is 3.42. The fourth-order valence-electron chi connectivity index (χ4n) is 1.64. The van der Waals surface area contributed by atoms with Gasteiger partial charge in [0.15, 0.2) is 5.16 Å². The molecule has 1 amide bonds. The molecule has 18 heavy (non-hydrogen) atoms. The second kappa shape index (κ2) is 5.73. The Bertz CT molecular complexity index is 536. The van der Waals surface area contributed by atoms with Crippen molar-refractivity contribution in [2.45, 2.75) is 18.5 Å². The van der Waals surface area contributed by atoms with Crippen LogP contribution in [-0.4, -0.2) is 21.6 Å². The van der Waals surface area contributed by atoms with Gasteiger partial charge in [-0.05, 0) is 12.5 Å². The number of thioether (sulfide) groups is 1. The van der Waals surface area contributed by atoms with Gasteiger partial charge in [-0.15, -0.1) is 0 Å². The third kappa shape index (κ3) is 3.37. The van der Waals surface area contributed by atoms with Crippen molar-refractivity contribution in [3.05, 3.63) is 47.3 Å². The maximum atomic E-state index is 10.7. The lowest BCUT2D eigenvalue weighted by molar-refractivity contribution is -0.115. The Hall–Kier alpha value is -1.75. The Morgan fingerprint density at radius 2 is 2.11 bits per heavy atom. The van der Waals surface area contributed by atoms with Crippen LogP contribution in [0.1, 0.15) is 17.0 Å². The van der Waals surface area contributed by atoms with Crippen LogP contribution >= 0.6 is 11.8 Å². The Kier molecular flexibility index (Phi) is 4.04. The number of hydrogen-bond donors (Lipinski definition) is 2. The Morgan fingerprint density at radius 3 is 2.78 bits per heavy atom. The van der Waals surface area contributed by atoms with Crippen molar-refractivity contribution in [2.75, 3.05) is 5.75 Å². The number of aromatic amines is 1. The van der Waals surface area contributed by atoms with Crippen LogP contribution in [0, 0.1) is 6.92 Å². The zero-order chi connectivity index (χ0) is 13.0. The van der Waals surface area contributed by atoms with E-state index in [4.69, 9.17) is 5.73 Å². The van der Waals surface area contributed by atoms with Gasteiger partial charge >= 0.3 is 0 Å². The highest BCUT2D eigenvalue weighted by Crippen LogP contribution is 2.18. The second-order valence-corrected chi connectivity index (χ2v) is 5.00. The van der Waals surface area contributed by atoms with Gasteiger partial charge in [-0.3, -0.25) is 4.79 Å². The highest BCUT2D eigenvalue weighted by molar-refractivity contribution is 7.99. The fourth-order valence-corrected chi connectivity index (χ4v) is 2.32. The standard InChI is InChI=1S/C13H15N3OS/c1-9-11(7-10-5-3-2-4-6-10)16-13(15-9)18-8-12(14)17/h2-6H,7-8H2,1H3,(H2,14,17)(H,15,16). The van der Waals surface area contributed by atoms with E-state index in [0.29, 0.717) is 0 Å². The van der Waals surface area contributed by atoms with E-state index < -0.39 is 0 Å². The maximum Gasteiger partial charge on any atom is 0.227 e. The topological polar surface area (TPSA) is 71.8 Å². The average molecular weight is 261 g/mol. The van der Waals surface area contributed by atoms with Crippen LogP contribution in [0.4, 0.5) is 0 Å². The number of aromatic nitrogens is 2. The van der Waals surface area contributed by atoms with Gasteiger partial charge in [-0.1, -0.05) is 42.1 Å². The molecule has 1 aromatic carbocycles. The van der Waals surface area contributed by atoms with E-state index in [1.54, 1.807) is 0 Å². The molecule has 0 saturated carbocycles. The minimum atomic E-state index is -0.335. The average Bonchev–Trinajstić information content (AvgIpc) is 2.69. The molecule has 4 nitrogen and oxygen atoms in total. The third-order valence-electron chi connectivity index (χ3n) is 2.53.